The second kappa shape index (κ2) is 7.94. The summed E-state index contributed by atoms with van der Waals surface area (Å²) in [6.07, 6.45) is 0.872. The zero-order valence-electron chi connectivity index (χ0n) is 9.96. The number of benzene rings is 1. The summed E-state index contributed by atoms with van der Waals surface area (Å²) in [5.41, 5.74) is 0.699. The molecule has 0 spiro atoms. The summed E-state index contributed by atoms with van der Waals surface area (Å²) in [7, 11) is 0. The second-order valence-corrected chi connectivity index (χ2v) is 3.50. The third-order valence-corrected chi connectivity index (χ3v) is 2.15. The molecule has 1 rings (SSSR count). The maximum absolute atomic E-state index is 10.7. The largest absolute Gasteiger partial charge is 0.507 e. The lowest BCUT2D eigenvalue weighted by atomic mass is 10.0. The van der Waals surface area contributed by atoms with E-state index in [2.05, 4.69) is 6.92 Å². The Morgan fingerprint density at radius 3 is 2.17 bits per heavy atom. The highest BCUT2D eigenvalue weighted by atomic mass is 16.6. The van der Waals surface area contributed by atoms with E-state index in [9.17, 15) is 9.90 Å². The highest BCUT2D eigenvalue weighted by Crippen LogP contribution is 2.23. The van der Waals surface area contributed by atoms with Gasteiger partial charge in [0.2, 0.25) is 0 Å². The third-order valence-electron chi connectivity index (χ3n) is 2.15. The van der Waals surface area contributed by atoms with Gasteiger partial charge in [-0.2, -0.15) is 0 Å². The first-order chi connectivity index (χ1) is 8.40. The van der Waals surface area contributed by atoms with Gasteiger partial charge in [0.05, 0.1) is 0 Å². The molecule has 0 saturated heterocycles. The van der Waals surface area contributed by atoms with Crippen LogP contribution in [-0.4, -0.2) is 32.6 Å². The SMILES string of the molecule is CCCCc1cccc(C(=O)O)c1O.O=C(O)O. The van der Waals surface area contributed by atoms with Crippen LogP contribution in [0.25, 0.3) is 0 Å². The number of hydrogen-bond donors (Lipinski definition) is 4. The molecule has 6 nitrogen and oxygen atoms in total. The fourth-order valence-corrected chi connectivity index (χ4v) is 1.33. The number of hydrogen-bond acceptors (Lipinski definition) is 3. The number of carboxylic acids is 1. The van der Waals surface area contributed by atoms with E-state index in [1.807, 2.05) is 0 Å². The Bertz CT molecular complexity index is 409. The van der Waals surface area contributed by atoms with Gasteiger partial charge in [0.25, 0.3) is 0 Å². The van der Waals surface area contributed by atoms with Gasteiger partial charge in [-0.25, -0.2) is 9.59 Å². The van der Waals surface area contributed by atoms with Crippen LogP contribution in [0.3, 0.4) is 0 Å². The van der Waals surface area contributed by atoms with E-state index in [1.165, 1.54) is 6.07 Å². The van der Waals surface area contributed by atoms with Crippen LogP contribution in [0, 0.1) is 0 Å². The number of carboxylic acid groups (broad SMARTS) is 3. The molecule has 0 amide bonds. The van der Waals surface area contributed by atoms with Crippen molar-refractivity contribution in [3.05, 3.63) is 29.3 Å². The molecule has 100 valence electrons. The van der Waals surface area contributed by atoms with Crippen molar-refractivity contribution in [2.75, 3.05) is 0 Å². The Kier molecular flexibility index (Phi) is 6.95. The molecule has 1 aromatic rings. The summed E-state index contributed by atoms with van der Waals surface area (Å²) in [5.74, 6) is -1.17. The van der Waals surface area contributed by atoms with Crippen LogP contribution < -0.4 is 0 Å². The Hall–Kier alpha value is -2.24. The maximum Gasteiger partial charge on any atom is 0.503 e. The summed E-state index contributed by atoms with van der Waals surface area (Å²) in [6.45, 7) is 2.05. The third kappa shape index (κ3) is 5.74. The molecule has 0 atom stereocenters. The predicted molar refractivity (Wildman–Crippen MR) is 64.3 cm³/mol. The van der Waals surface area contributed by atoms with E-state index in [4.69, 9.17) is 20.1 Å². The summed E-state index contributed by atoms with van der Waals surface area (Å²) in [5, 5.41) is 32.3. The number of aromatic carboxylic acids is 1. The number of rotatable bonds is 4. The van der Waals surface area contributed by atoms with E-state index < -0.39 is 12.1 Å². The molecule has 6 heteroatoms. The number of unbranched alkanes of at least 4 members (excludes halogenated alkanes) is 1. The van der Waals surface area contributed by atoms with E-state index >= 15 is 0 Å². The minimum Gasteiger partial charge on any atom is -0.507 e. The highest BCUT2D eigenvalue weighted by molar-refractivity contribution is 5.91. The fourth-order valence-electron chi connectivity index (χ4n) is 1.33. The minimum atomic E-state index is -1.83. The second-order valence-electron chi connectivity index (χ2n) is 3.50. The van der Waals surface area contributed by atoms with Crippen LogP contribution in [-0.2, 0) is 6.42 Å². The smallest absolute Gasteiger partial charge is 0.503 e. The normalized spacial score (nSPS) is 9.17. The van der Waals surface area contributed by atoms with Crippen molar-refractivity contribution in [1.29, 1.82) is 0 Å². The fraction of sp³-hybridized carbons (Fsp3) is 0.333. The van der Waals surface area contributed by atoms with Crippen LogP contribution in [0.1, 0.15) is 35.7 Å². The monoisotopic (exact) mass is 256 g/mol. The van der Waals surface area contributed by atoms with E-state index in [0.29, 0.717) is 5.56 Å². The first-order valence-electron chi connectivity index (χ1n) is 5.36. The zero-order chi connectivity index (χ0) is 14.1. The highest BCUT2D eigenvalue weighted by Gasteiger charge is 2.11. The molecule has 0 radical (unpaired) electrons. The van der Waals surface area contributed by atoms with Crippen LogP contribution >= 0.6 is 0 Å². The van der Waals surface area contributed by atoms with Gasteiger partial charge in [-0.3, -0.25) is 0 Å². The lowest BCUT2D eigenvalue weighted by molar-refractivity contribution is 0.0693. The van der Waals surface area contributed by atoms with E-state index in [1.54, 1.807) is 12.1 Å². The molecule has 4 N–H and O–H groups in total. The molecule has 1 aromatic carbocycles. The molecule has 18 heavy (non-hydrogen) atoms. The molecule has 0 saturated carbocycles. The van der Waals surface area contributed by atoms with Gasteiger partial charge in [-0.15, -0.1) is 0 Å². The summed E-state index contributed by atoms with van der Waals surface area (Å²) < 4.78 is 0. The standard InChI is InChI=1S/C11H14O3.CH2O3/c1-2-3-5-8-6-4-7-9(10(8)12)11(13)14;2-1(3)4/h4,6-7,12H,2-3,5H2,1H3,(H,13,14);(H2,2,3,4). The first kappa shape index (κ1) is 15.8. The van der Waals surface area contributed by atoms with Gasteiger partial charge in [0.15, 0.2) is 0 Å². The van der Waals surface area contributed by atoms with E-state index in [0.717, 1.165) is 19.3 Å². The van der Waals surface area contributed by atoms with Crippen LogP contribution in [0.5, 0.6) is 5.75 Å². The van der Waals surface area contributed by atoms with Crippen molar-refractivity contribution in [1.82, 2.24) is 0 Å². The maximum atomic E-state index is 10.7. The van der Waals surface area contributed by atoms with Gasteiger partial charge in [0, 0.05) is 0 Å². The summed E-state index contributed by atoms with van der Waals surface area (Å²) >= 11 is 0. The van der Waals surface area contributed by atoms with Gasteiger partial charge in [0.1, 0.15) is 11.3 Å². The van der Waals surface area contributed by atoms with E-state index in [-0.39, 0.29) is 11.3 Å². The number of aromatic hydroxyl groups is 1. The molecule has 0 fully saturated rings. The van der Waals surface area contributed by atoms with Crippen molar-refractivity contribution in [3.63, 3.8) is 0 Å². The molecule has 0 aliphatic heterocycles. The summed E-state index contributed by atoms with van der Waals surface area (Å²) in [4.78, 5) is 19.2. The van der Waals surface area contributed by atoms with Crippen molar-refractivity contribution in [2.24, 2.45) is 0 Å². The summed E-state index contributed by atoms with van der Waals surface area (Å²) in [6, 6.07) is 4.83. The molecule has 0 unspecified atom stereocenters. The minimum absolute atomic E-state index is 0.0152. The van der Waals surface area contributed by atoms with Crippen molar-refractivity contribution >= 4 is 12.1 Å². The van der Waals surface area contributed by atoms with Gasteiger partial charge < -0.3 is 20.4 Å². The lowest BCUT2D eigenvalue weighted by Gasteiger charge is -2.05. The number of carbonyl (C=O) groups is 2. The average molecular weight is 256 g/mol. The van der Waals surface area contributed by atoms with Gasteiger partial charge >= 0.3 is 12.1 Å². The molecule has 0 heterocycles. The van der Waals surface area contributed by atoms with Crippen LogP contribution in [0.15, 0.2) is 18.2 Å². The topological polar surface area (TPSA) is 115 Å². The van der Waals surface area contributed by atoms with Gasteiger partial charge in [-0.1, -0.05) is 25.5 Å². The zero-order valence-corrected chi connectivity index (χ0v) is 9.96. The van der Waals surface area contributed by atoms with Crippen LogP contribution in [0.4, 0.5) is 4.79 Å². The predicted octanol–water partition coefficient (Wildman–Crippen LogP) is 2.66. The number of aryl methyl sites for hydroxylation is 1. The van der Waals surface area contributed by atoms with Crippen molar-refractivity contribution in [3.8, 4) is 5.75 Å². The molecule has 0 aliphatic carbocycles. The number of phenols is 1. The Morgan fingerprint density at radius 2 is 1.72 bits per heavy atom. The number of para-hydroxylation sites is 1. The molecule has 0 aliphatic rings. The molecular formula is C12H16O6. The Morgan fingerprint density at radius 1 is 1.17 bits per heavy atom. The molecule has 0 bridgehead atoms. The lowest BCUT2D eigenvalue weighted by Crippen LogP contribution is -1.98. The quantitative estimate of drug-likeness (QED) is 0.658. The Balaban J connectivity index is 0.000000631. The Labute approximate surface area is 104 Å². The average Bonchev–Trinajstić information content (AvgIpc) is 2.26. The van der Waals surface area contributed by atoms with Crippen LogP contribution in [0.2, 0.25) is 0 Å². The molecule has 0 aromatic heterocycles. The van der Waals surface area contributed by atoms with Crippen molar-refractivity contribution < 1.29 is 30.0 Å². The first-order valence-corrected chi connectivity index (χ1v) is 5.36. The van der Waals surface area contributed by atoms with Gasteiger partial charge in [-0.05, 0) is 24.5 Å². The molecular weight excluding hydrogens is 240 g/mol. The van der Waals surface area contributed by atoms with Crippen molar-refractivity contribution in [2.45, 2.75) is 26.2 Å².